The summed E-state index contributed by atoms with van der Waals surface area (Å²) in [4.78, 5) is 5.94. The minimum atomic E-state index is 0.105. The molecule has 0 aliphatic rings. The van der Waals surface area contributed by atoms with Gasteiger partial charge in [-0.3, -0.25) is 4.40 Å². The highest BCUT2D eigenvalue weighted by Crippen LogP contribution is 2.15. The molecule has 0 radical (unpaired) electrons. The summed E-state index contributed by atoms with van der Waals surface area (Å²) >= 11 is 1.51. The van der Waals surface area contributed by atoms with Crippen LogP contribution in [0.5, 0.6) is 0 Å². The van der Waals surface area contributed by atoms with E-state index in [1.54, 1.807) is 6.20 Å². The van der Waals surface area contributed by atoms with E-state index in [2.05, 4.69) is 4.98 Å². The number of hydrogen-bond acceptors (Lipinski definition) is 3. The number of aliphatic hydroxyl groups is 1. The maximum absolute atomic E-state index is 8.73. The summed E-state index contributed by atoms with van der Waals surface area (Å²) in [6.45, 7) is 0.105. The summed E-state index contributed by atoms with van der Waals surface area (Å²) in [5, 5.41) is 8.73. The van der Waals surface area contributed by atoms with Crippen molar-refractivity contribution in [3.63, 3.8) is 0 Å². The van der Waals surface area contributed by atoms with Gasteiger partial charge in [-0.05, 0) is 0 Å². The number of fused-ring (bicyclic) bond motifs is 1. The third-order valence-corrected chi connectivity index (χ3v) is 2.29. The number of rotatable bonds is 1. The molecule has 0 bridgehead atoms. The van der Waals surface area contributed by atoms with Crippen LogP contribution in [0.2, 0.25) is 0 Å². The van der Waals surface area contributed by atoms with Gasteiger partial charge in [0.25, 0.3) is 0 Å². The Morgan fingerprint density at radius 1 is 1.70 bits per heavy atom. The van der Waals surface area contributed by atoms with Gasteiger partial charge in [-0.25, -0.2) is 4.98 Å². The number of thiazole rings is 1. The Morgan fingerprint density at radius 2 is 2.60 bits per heavy atom. The summed E-state index contributed by atoms with van der Waals surface area (Å²) in [6.07, 6.45) is 5.49. The van der Waals surface area contributed by atoms with Crippen molar-refractivity contribution in [2.24, 2.45) is 0 Å². The molecule has 0 saturated carbocycles. The van der Waals surface area contributed by atoms with Crippen molar-refractivity contribution < 1.29 is 5.11 Å². The van der Waals surface area contributed by atoms with Crippen LogP contribution < -0.4 is 0 Å². The molecule has 0 fully saturated rings. The van der Waals surface area contributed by atoms with Crippen LogP contribution in [0.3, 0.4) is 0 Å². The van der Waals surface area contributed by atoms with Crippen molar-refractivity contribution >= 4 is 16.3 Å². The molecule has 0 amide bonds. The first-order valence-corrected chi connectivity index (χ1v) is 3.74. The largest absolute Gasteiger partial charge is 0.391 e. The van der Waals surface area contributed by atoms with E-state index < -0.39 is 0 Å². The number of imidazole rings is 1. The predicted molar refractivity (Wildman–Crippen MR) is 39.0 cm³/mol. The Hall–Kier alpha value is -0.870. The molecule has 10 heavy (non-hydrogen) atoms. The third kappa shape index (κ3) is 0.732. The highest BCUT2D eigenvalue weighted by atomic mass is 32.1. The van der Waals surface area contributed by atoms with Gasteiger partial charge in [0, 0.05) is 18.6 Å². The number of aromatic nitrogens is 2. The van der Waals surface area contributed by atoms with Crippen LogP contribution in [0.4, 0.5) is 0 Å². The Labute approximate surface area is 61.6 Å². The van der Waals surface area contributed by atoms with Gasteiger partial charge in [0.1, 0.15) is 0 Å². The Balaban J connectivity index is 2.67. The monoisotopic (exact) mass is 154 g/mol. The molecule has 0 spiro atoms. The number of nitrogens with zero attached hydrogens (tertiary/aromatic N) is 2. The van der Waals surface area contributed by atoms with Gasteiger partial charge < -0.3 is 5.11 Å². The lowest BCUT2D eigenvalue weighted by atomic mass is 10.6. The Bertz CT molecular complexity index is 309. The number of aliphatic hydroxyl groups excluding tert-OH is 1. The van der Waals surface area contributed by atoms with E-state index in [-0.39, 0.29) is 6.61 Å². The topological polar surface area (TPSA) is 37.5 Å². The Kier molecular flexibility index (Phi) is 1.22. The first-order chi connectivity index (χ1) is 4.90. The molecule has 0 aliphatic heterocycles. The molecule has 0 atom stereocenters. The van der Waals surface area contributed by atoms with Crippen LogP contribution >= 0.6 is 11.3 Å². The quantitative estimate of drug-likeness (QED) is 0.662. The molecular weight excluding hydrogens is 148 g/mol. The molecule has 4 heteroatoms. The second-order valence-corrected chi connectivity index (χ2v) is 3.07. The standard InChI is InChI=1S/C6H6N2OS/c9-4-5-3-8-2-1-7-6(8)10-5/h1-3,9H,4H2. The van der Waals surface area contributed by atoms with Crippen molar-refractivity contribution in [2.45, 2.75) is 6.61 Å². The van der Waals surface area contributed by atoms with Crippen LogP contribution in [-0.2, 0) is 6.61 Å². The van der Waals surface area contributed by atoms with Crippen LogP contribution in [0.25, 0.3) is 4.96 Å². The summed E-state index contributed by atoms with van der Waals surface area (Å²) in [6, 6.07) is 0. The first-order valence-electron chi connectivity index (χ1n) is 2.92. The van der Waals surface area contributed by atoms with Crippen molar-refractivity contribution in [1.82, 2.24) is 9.38 Å². The number of hydrogen-bond donors (Lipinski definition) is 1. The van der Waals surface area contributed by atoms with E-state index in [4.69, 9.17) is 5.11 Å². The van der Waals surface area contributed by atoms with Gasteiger partial charge in [0.2, 0.25) is 0 Å². The average Bonchev–Trinajstić information content (AvgIpc) is 2.42. The summed E-state index contributed by atoms with van der Waals surface area (Å²) in [5.41, 5.74) is 0. The molecule has 2 aromatic heterocycles. The SMILES string of the molecule is OCc1cn2ccnc2s1. The van der Waals surface area contributed by atoms with E-state index in [9.17, 15) is 0 Å². The van der Waals surface area contributed by atoms with Gasteiger partial charge in [0.05, 0.1) is 11.5 Å². The average molecular weight is 154 g/mol. The molecule has 0 unspecified atom stereocenters. The fourth-order valence-corrected chi connectivity index (χ4v) is 1.65. The molecule has 0 saturated heterocycles. The van der Waals surface area contributed by atoms with Gasteiger partial charge in [-0.15, -0.1) is 0 Å². The van der Waals surface area contributed by atoms with Crippen molar-refractivity contribution in [2.75, 3.05) is 0 Å². The van der Waals surface area contributed by atoms with E-state index in [0.29, 0.717) is 0 Å². The zero-order valence-electron chi connectivity index (χ0n) is 5.19. The molecule has 2 heterocycles. The second kappa shape index (κ2) is 2.07. The maximum atomic E-state index is 8.73. The minimum absolute atomic E-state index is 0.105. The zero-order valence-corrected chi connectivity index (χ0v) is 6.01. The molecule has 52 valence electrons. The fraction of sp³-hybridized carbons (Fsp3) is 0.167. The van der Waals surface area contributed by atoms with E-state index in [1.165, 1.54) is 11.3 Å². The van der Waals surface area contributed by atoms with E-state index in [0.717, 1.165) is 9.84 Å². The van der Waals surface area contributed by atoms with Crippen LogP contribution in [0, 0.1) is 0 Å². The minimum Gasteiger partial charge on any atom is -0.391 e. The molecule has 2 aromatic rings. The lowest BCUT2D eigenvalue weighted by Crippen LogP contribution is -1.74. The molecule has 3 nitrogen and oxygen atoms in total. The van der Waals surface area contributed by atoms with Crippen LogP contribution in [0.15, 0.2) is 18.6 Å². The highest BCUT2D eigenvalue weighted by molar-refractivity contribution is 7.17. The molecule has 1 N–H and O–H groups in total. The predicted octanol–water partition coefficient (Wildman–Crippen LogP) is 0.888. The molecule has 0 aliphatic carbocycles. The molecule has 0 aromatic carbocycles. The lowest BCUT2D eigenvalue weighted by molar-refractivity contribution is 0.285. The van der Waals surface area contributed by atoms with Gasteiger partial charge in [-0.1, -0.05) is 11.3 Å². The van der Waals surface area contributed by atoms with Crippen molar-refractivity contribution in [3.05, 3.63) is 23.5 Å². The summed E-state index contributed by atoms with van der Waals surface area (Å²) < 4.78 is 1.90. The maximum Gasteiger partial charge on any atom is 0.193 e. The van der Waals surface area contributed by atoms with Crippen molar-refractivity contribution in [1.29, 1.82) is 0 Å². The van der Waals surface area contributed by atoms with Gasteiger partial charge in [0.15, 0.2) is 4.96 Å². The van der Waals surface area contributed by atoms with E-state index >= 15 is 0 Å². The normalized spacial score (nSPS) is 10.9. The first kappa shape index (κ1) is 5.88. The molecule has 2 rings (SSSR count). The Morgan fingerprint density at radius 3 is 3.30 bits per heavy atom. The van der Waals surface area contributed by atoms with Crippen LogP contribution in [-0.4, -0.2) is 14.5 Å². The highest BCUT2D eigenvalue weighted by Gasteiger charge is 1.98. The van der Waals surface area contributed by atoms with Gasteiger partial charge in [-0.2, -0.15) is 0 Å². The third-order valence-electron chi connectivity index (χ3n) is 1.29. The molecular formula is C6H6N2OS. The van der Waals surface area contributed by atoms with Gasteiger partial charge >= 0.3 is 0 Å². The summed E-state index contributed by atoms with van der Waals surface area (Å²) in [5.74, 6) is 0. The lowest BCUT2D eigenvalue weighted by Gasteiger charge is -1.79. The van der Waals surface area contributed by atoms with Crippen molar-refractivity contribution in [3.8, 4) is 0 Å². The van der Waals surface area contributed by atoms with E-state index in [1.807, 2.05) is 16.8 Å². The van der Waals surface area contributed by atoms with Crippen LogP contribution in [0.1, 0.15) is 4.88 Å². The summed E-state index contributed by atoms with van der Waals surface area (Å²) in [7, 11) is 0. The zero-order chi connectivity index (χ0) is 6.97. The smallest absolute Gasteiger partial charge is 0.193 e. The second-order valence-electron chi connectivity index (χ2n) is 1.97. The fourth-order valence-electron chi connectivity index (χ4n) is 0.848.